The van der Waals surface area contributed by atoms with Crippen LogP contribution >= 0.6 is 0 Å². The molecule has 214 valence electrons. The first kappa shape index (κ1) is 29.6. The van der Waals surface area contributed by atoms with Crippen LogP contribution in [0.25, 0.3) is 11.1 Å². The van der Waals surface area contributed by atoms with Crippen molar-refractivity contribution in [1.29, 1.82) is 0 Å². The molecule has 0 unspecified atom stereocenters. The van der Waals surface area contributed by atoms with Crippen molar-refractivity contribution in [2.45, 2.75) is 71.5 Å². The highest BCUT2D eigenvalue weighted by Gasteiger charge is 2.32. The zero-order chi connectivity index (χ0) is 28.9. The van der Waals surface area contributed by atoms with Gasteiger partial charge in [-0.2, -0.15) is 0 Å². The topological polar surface area (TPSA) is 65.0 Å². The van der Waals surface area contributed by atoms with Crippen LogP contribution in [-0.4, -0.2) is 25.3 Å². The van der Waals surface area contributed by atoms with Gasteiger partial charge in [0.05, 0.1) is 19.6 Å². The third kappa shape index (κ3) is 7.22. The van der Waals surface area contributed by atoms with E-state index in [-0.39, 0.29) is 29.7 Å². The SMILES string of the molecule is CCC(C)(C)[C@@H](OC)c1cc(COc2cccc([C@@H](CC(=O)O)CC3CC3)c2)ccc1-c1cc(OC)ccc1F. The Morgan fingerprint density at radius 2 is 1.80 bits per heavy atom. The predicted molar refractivity (Wildman–Crippen MR) is 155 cm³/mol. The molecule has 6 heteroatoms. The molecule has 0 heterocycles. The molecule has 0 spiro atoms. The van der Waals surface area contributed by atoms with Crippen molar-refractivity contribution in [2.75, 3.05) is 14.2 Å². The first-order valence-electron chi connectivity index (χ1n) is 14.1. The van der Waals surface area contributed by atoms with E-state index in [1.54, 1.807) is 26.4 Å². The van der Waals surface area contributed by atoms with Gasteiger partial charge in [0.1, 0.15) is 23.9 Å². The normalized spacial score (nSPS) is 14.9. The molecule has 0 amide bonds. The Labute approximate surface area is 237 Å². The molecule has 0 aliphatic heterocycles. The summed E-state index contributed by atoms with van der Waals surface area (Å²) in [5, 5.41) is 9.45. The summed E-state index contributed by atoms with van der Waals surface area (Å²) in [5.41, 5.74) is 3.84. The summed E-state index contributed by atoms with van der Waals surface area (Å²) in [7, 11) is 3.26. The Kier molecular flexibility index (Phi) is 9.52. The second-order valence-corrected chi connectivity index (χ2v) is 11.6. The lowest BCUT2D eigenvalue weighted by Crippen LogP contribution is -2.24. The van der Waals surface area contributed by atoms with E-state index in [1.165, 1.54) is 18.9 Å². The van der Waals surface area contributed by atoms with Gasteiger partial charge in [-0.3, -0.25) is 4.79 Å². The zero-order valence-corrected chi connectivity index (χ0v) is 24.2. The standard InChI is InChI=1S/C34H41FO5/c1-6-34(2,3)33(39-5)30-17-23(12-14-28(30)29-20-26(38-4)13-15-31(29)35)21-40-27-9-7-8-24(18-27)25(19-32(36)37)16-22-10-11-22/h7-9,12-15,17-18,20,22,25,33H,6,10-11,16,19,21H2,1-5H3,(H,36,37)/t25-,33+/m1/s1. The van der Waals surface area contributed by atoms with Gasteiger partial charge in [0.2, 0.25) is 0 Å². The van der Waals surface area contributed by atoms with E-state index >= 15 is 4.39 Å². The van der Waals surface area contributed by atoms with Crippen molar-refractivity contribution in [1.82, 2.24) is 0 Å². The summed E-state index contributed by atoms with van der Waals surface area (Å²) in [4.78, 5) is 11.5. The van der Waals surface area contributed by atoms with Crippen LogP contribution in [0.15, 0.2) is 60.7 Å². The van der Waals surface area contributed by atoms with Crippen molar-refractivity contribution in [3.05, 3.63) is 83.2 Å². The van der Waals surface area contributed by atoms with Crippen LogP contribution in [0.1, 0.15) is 81.6 Å². The van der Waals surface area contributed by atoms with Gasteiger partial charge in [-0.05, 0) is 88.7 Å². The molecular formula is C34H41FO5. The Morgan fingerprint density at radius 3 is 2.45 bits per heavy atom. The third-order valence-electron chi connectivity index (χ3n) is 8.19. The van der Waals surface area contributed by atoms with Crippen LogP contribution in [0.4, 0.5) is 4.39 Å². The highest BCUT2D eigenvalue weighted by Crippen LogP contribution is 2.44. The summed E-state index contributed by atoms with van der Waals surface area (Å²) in [6.45, 7) is 6.73. The number of hydrogen-bond donors (Lipinski definition) is 1. The second kappa shape index (κ2) is 12.9. The maximum absolute atomic E-state index is 15.1. The number of methoxy groups -OCH3 is 2. The number of aliphatic carboxylic acids is 1. The minimum absolute atomic E-state index is 0.0177. The lowest BCUT2D eigenvalue weighted by atomic mass is 9.77. The number of carbonyl (C=O) groups is 1. The maximum Gasteiger partial charge on any atom is 0.303 e. The fourth-order valence-corrected chi connectivity index (χ4v) is 5.38. The molecule has 2 atom stereocenters. The van der Waals surface area contributed by atoms with Crippen LogP contribution in [0.5, 0.6) is 11.5 Å². The van der Waals surface area contributed by atoms with E-state index in [4.69, 9.17) is 14.2 Å². The van der Waals surface area contributed by atoms with E-state index in [9.17, 15) is 9.90 Å². The van der Waals surface area contributed by atoms with Crippen LogP contribution in [0.2, 0.25) is 0 Å². The summed E-state index contributed by atoms with van der Waals surface area (Å²) >= 11 is 0. The molecule has 1 aliphatic rings. The van der Waals surface area contributed by atoms with Crippen molar-refractivity contribution >= 4 is 5.97 Å². The molecule has 0 radical (unpaired) electrons. The quantitative estimate of drug-likeness (QED) is 0.219. The number of halogens is 1. The van der Waals surface area contributed by atoms with Gasteiger partial charge in [0.15, 0.2) is 0 Å². The van der Waals surface area contributed by atoms with E-state index in [1.807, 2.05) is 42.5 Å². The molecule has 1 aliphatic carbocycles. The van der Waals surface area contributed by atoms with Gasteiger partial charge in [-0.15, -0.1) is 0 Å². The fourth-order valence-electron chi connectivity index (χ4n) is 5.38. The summed E-state index contributed by atoms with van der Waals surface area (Å²) < 4.78 is 32.7. The smallest absolute Gasteiger partial charge is 0.303 e. The number of carboxylic acids is 1. The second-order valence-electron chi connectivity index (χ2n) is 11.6. The van der Waals surface area contributed by atoms with Crippen LogP contribution < -0.4 is 9.47 Å². The molecule has 40 heavy (non-hydrogen) atoms. The van der Waals surface area contributed by atoms with Gasteiger partial charge < -0.3 is 19.3 Å². The van der Waals surface area contributed by atoms with Crippen molar-refractivity contribution in [3.8, 4) is 22.6 Å². The van der Waals surface area contributed by atoms with Crippen LogP contribution in [-0.2, 0) is 16.1 Å². The van der Waals surface area contributed by atoms with Crippen molar-refractivity contribution in [2.24, 2.45) is 11.3 Å². The van der Waals surface area contributed by atoms with Crippen LogP contribution in [0.3, 0.4) is 0 Å². The number of rotatable bonds is 14. The monoisotopic (exact) mass is 548 g/mol. The van der Waals surface area contributed by atoms with Gasteiger partial charge in [-0.25, -0.2) is 4.39 Å². The molecule has 1 saturated carbocycles. The number of ether oxygens (including phenoxy) is 3. The molecule has 0 aromatic heterocycles. The number of carboxylic acid groups (broad SMARTS) is 1. The van der Waals surface area contributed by atoms with Gasteiger partial charge in [0, 0.05) is 12.7 Å². The van der Waals surface area contributed by atoms with E-state index in [0.717, 1.165) is 35.1 Å². The molecule has 1 N–H and O–H groups in total. The summed E-state index contributed by atoms with van der Waals surface area (Å²) in [6.07, 6.45) is 3.98. The lowest BCUT2D eigenvalue weighted by Gasteiger charge is -2.34. The maximum atomic E-state index is 15.1. The molecule has 3 aromatic rings. The Hall–Kier alpha value is -3.38. The fraction of sp³-hybridized carbons (Fsp3) is 0.441. The molecule has 3 aromatic carbocycles. The summed E-state index contributed by atoms with van der Waals surface area (Å²) in [6, 6.07) is 18.5. The minimum Gasteiger partial charge on any atom is -0.497 e. The average molecular weight is 549 g/mol. The van der Waals surface area contributed by atoms with E-state index < -0.39 is 5.97 Å². The van der Waals surface area contributed by atoms with Gasteiger partial charge in [0.25, 0.3) is 0 Å². The number of benzene rings is 3. The Bertz CT molecular complexity index is 1310. The van der Waals surface area contributed by atoms with Crippen molar-refractivity contribution < 1.29 is 28.5 Å². The first-order chi connectivity index (χ1) is 19.1. The zero-order valence-electron chi connectivity index (χ0n) is 24.2. The van der Waals surface area contributed by atoms with E-state index in [2.05, 4.69) is 20.8 Å². The largest absolute Gasteiger partial charge is 0.497 e. The highest BCUT2D eigenvalue weighted by atomic mass is 19.1. The molecule has 5 nitrogen and oxygen atoms in total. The molecule has 0 saturated heterocycles. The Morgan fingerprint density at radius 1 is 1.02 bits per heavy atom. The number of hydrogen-bond acceptors (Lipinski definition) is 4. The van der Waals surface area contributed by atoms with Gasteiger partial charge >= 0.3 is 5.97 Å². The third-order valence-corrected chi connectivity index (χ3v) is 8.19. The summed E-state index contributed by atoms with van der Waals surface area (Å²) in [5.74, 6) is 0.790. The van der Waals surface area contributed by atoms with E-state index in [0.29, 0.717) is 29.6 Å². The average Bonchev–Trinajstić information content (AvgIpc) is 3.76. The highest BCUT2D eigenvalue weighted by molar-refractivity contribution is 5.71. The first-order valence-corrected chi connectivity index (χ1v) is 14.1. The Balaban J connectivity index is 1.64. The van der Waals surface area contributed by atoms with Gasteiger partial charge in [-0.1, -0.05) is 57.9 Å². The molecule has 0 bridgehead atoms. The van der Waals surface area contributed by atoms with Crippen molar-refractivity contribution in [3.63, 3.8) is 0 Å². The predicted octanol–water partition coefficient (Wildman–Crippen LogP) is 8.56. The molecular weight excluding hydrogens is 507 g/mol. The van der Waals surface area contributed by atoms with Crippen LogP contribution in [0, 0.1) is 17.2 Å². The lowest BCUT2D eigenvalue weighted by molar-refractivity contribution is -0.137. The molecule has 1 fully saturated rings. The minimum atomic E-state index is -0.778. The molecule has 4 rings (SSSR count).